The normalized spacial score (nSPS) is 11.5. The maximum absolute atomic E-state index is 12.2. The predicted molar refractivity (Wildman–Crippen MR) is 79.5 cm³/mol. The van der Waals surface area contributed by atoms with Gasteiger partial charge in [0.15, 0.2) is 0 Å². The van der Waals surface area contributed by atoms with Crippen molar-refractivity contribution < 1.29 is 4.79 Å². The van der Waals surface area contributed by atoms with Gasteiger partial charge in [0, 0.05) is 25.5 Å². The molecule has 0 saturated carbocycles. The molecule has 2 N–H and O–H groups in total. The smallest absolute Gasteiger partial charge is 0.254 e. The monoisotopic (exact) mass is 263 g/mol. The number of carbonyl (C=O) groups is 1. The number of hydrogen-bond acceptors (Lipinski definition) is 3. The van der Waals surface area contributed by atoms with E-state index in [0.717, 1.165) is 11.4 Å². The molecule has 0 bridgehead atoms. The molecule has 0 spiro atoms. The molecule has 0 unspecified atom stereocenters. The number of amides is 1. The number of nitrogens with one attached hydrogen (secondary N) is 2. The van der Waals surface area contributed by atoms with E-state index in [0.29, 0.717) is 18.0 Å². The van der Waals surface area contributed by atoms with Crippen LogP contribution in [-0.2, 0) is 0 Å². The van der Waals surface area contributed by atoms with E-state index in [1.165, 1.54) is 0 Å². The van der Waals surface area contributed by atoms with Crippen LogP contribution in [0.3, 0.4) is 0 Å². The van der Waals surface area contributed by atoms with E-state index in [9.17, 15) is 4.79 Å². The second kappa shape index (κ2) is 6.04. The van der Waals surface area contributed by atoms with Crippen LogP contribution in [0.1, 0.15) is 43.7 Å². The summed E-state index contributed by atoms with van der Waals surface area (Å²) in [5.74, 6) is 0.429. The molecule has 4 heteroatoms. The van der Waals surface area contributed by atoms with Crippen LogP contribution in [0.4, 0.5) is 5.69 Å². The maximum Gasteiger partial charge on any atom is 0.254 e. The van der Waals surface area contributed by atoms with E-state index in [2.05, 4.69) is 43.3 Å². The summed E-state index contributed by atoms with van der Waals surface area (Å²) in [7, 11) is 1.81. The first-order valence-electron chi connectivity index (χ1n) is 6.70. The minimum absolute atomic E-state index is 0.0770. The van der Waals surface area contributed by atoms with E-state index in [1.807, 2.05) is 20.0 Å². The van der Waals surface area contributed by atoms with Gasteiger partial charge in [-0.2, -0.15) is 0 Å². The Balaban J connectivity index is 2.79. The number of aromatic nitrogens is 1. The van der Waals surface area contributed by atoms with Gasteiger partial charge in [-0.25, -0.2) is 0 Å². The fourth-order valence-corrected chi connectivity index (χ4v) is 1.56. The molecule has 0 aliphatic heterocycles. The standard InChI is InChI=1S/C15H25N3O/c1-10(2)15(4,5)9-18-14(19)12-8-17-11(3)7-13(12)16-6/h7-8,10H,9H2,1-6H3,(H,16,17)(H,18,19). The average Bonchev–Trinajstić information content (AvgIpc) is 2.35. The molecule has 0 atom stereocenters. The summed E-state index contributed by atoms with van der Waals surface area (Å²) in [6.07, 6.45) is 1.62. The third-order valence-corrected chi connectivity index (χ3v) is 3.82. The van der Waals surface area contributed by atoms with E-state index >= 15 is 0 Å². The summed E-state index contributed by atoms with van der Waals surface area (Å²) < 4.78 is 0. The zero-order valence-electron chi connectivity index (χ0n) is 12.8. The second-order valence-corrected chi connectivity index (χ2v) is 5.95. The summed E-state index contributed by atoms with van der Waals surface area (Å²) in [6.45, 7) is 11.2. The maximum atomic E-state index is 12.2. The Morgan fingerprint density at radius 2 is 2.05 bits per heavy atom. The van der Waals surface area contributed by atoms with E-state index in [4.69, 9.17) is 0 Å². The fraction of sp³-hybridized carbons (Fsp3) is 0.600. The number of pyridine rings is 1. The highest BCUT2D eigenvalue weighted by molar-refractivity contribution is 5.99. The van der Waals surface area contributed by atoms with Crippen LogP contribution >= 0.6 is 0 Å². The lowest BCUT2D eigenvalue weighted by atomic mass is 9.81. The zero-order valence-corrected chi connectivity index (χ0v) is 12.8. The van der Waals surface area contributed by atoms with Crippen LogP contribution in [0, 0.1) is 18.3 Å². The van der Waals surface area contributed by atoms with Crippen molar-refractivity contribution in [2.24, 2.45) is 11.3 Å². The molecule has 0 fully saturated rings. The Morgan fingerprint density at radius 3 is 2.58 bits per heavy atom. The molecular formula is C15H25N3O. The highest BCUT2D eigenvalue weighted by atomic mass is 16.1. The van der Waals surface area contributed by atoms with Crippen LogP contribution in [0.15, 0.2) is 12.3 Å². The Bertz CT molecular complexity index is 453. The molecule has 0 radical (unpaired) electrons. The molecular weight excluding hydrogens is 238 g/mol. The van der Waals surface area contributed by atoms with E-state index in [-0.39, 0.29) is 11.3 Å². The number of hydrogen-bond donors (Lipinski definition) is 2. The number of nitrogens with zero attached hydrogens (tertiary/aromatic N) is 1. The van der Waals surface area contributed by atoms with Crippen molar-refractivity contribution in [3.05, 3.63) is 23.5 Å². The van der Waals surface area contributed by atoms with Crippen molar-refractivity contribution >= 4 is 11.6 Å². The third kappa shape index (κ3) is 3.94. The Kier molecular flexibility index (Phi) is 4.92. The molecule has 0 aromatic carbocycles. The quantitative estimate of drug-likeness (QED) is 0.859. The molecule has 0 aliphatic carbocycles. The molecule has 1 aromatic heterocycles. The van der Waals surface area contributed by atoms with Gasteiger partial charge in [-0.1, -0.05) is 27.7 Å². The van der Waals surface area contributed by atoms with Gasteiger partial charge in [-0.15, -0.1) is 0 Å². The zero-order chi connectivity index (χ0) is 14.6. The van der Waals surface area contributed by atoms with Crippen molar-refractivity contribution in [3.8, 4) is 0 Å². The Hall–Kier alpha value is -1.58. The van der Waals surface area contributed by atoms with Gasteiger partial charge >= 0.3 is 0 Å². The molecule has 1 heterocycles. The van der Waals surface area contributed by atoms with Gasteiger partial charge in [0.2, 0.25) is 0 Å². The van der Waals surface area contributed by atoms with Crippen molar-refractivity contribution in [3.63, 3.8) is 0 Å². The van der Waals surface area contributed by atoms with Gasteiger partial charge in [0.05, 0.1) is 11.3 Å². The van der Waals surface area contributed by atoms with E-state index in [1.54, 1.807) is 6.20 Å². The van der Waals surface area contributed by atoms with Crippen LogP contribution in [0.2, 0.25) is 0 Å². The highest BCUT2D eigenvalue weighted by Crippen LogP contribution is 2.25. The second-order valence-electron chi connectivity index (χ2n) is 5.95. The summed E-state index contributed by atoms with van der Waals surface area (Å²) in [6, 6.07) is 1.88. The predicted octanol–water partition coefficient (Wildman–Crippen LogP) is 2.84. The minimum Gasteiger partial charge on any atom is -0.387 e. The lowest BCUT2D eigenvalue weighted by Gasteiger charge is -2.29. The molecule has 19 heavy (non-hydrogen) atoms. The van der Waals surface area contributed by atoms with Gasteiger partial charge < -0.3 is 10.6 Å². The average molecular weight is 263 g/mol. The molecule has 0 aliphatic rings. The van der Waals surface area contributed by atoms with Gasteiger partial charge in [0.25, 0.3) is 5.91 Å². The van der Waals surface area contributed by atoms with Crippen molar-refractivity contribution in [2.75, 3.05) is 18.9 Å². The van der Waals surface area contributed by atoms with Gasteiger partial charge in [-0.05, 0) is 24.3 Å². The molecule has 106 valence electrons. The van der Waals surface area contributed by atoms with Gasteiger partial charge in [0.1, 0.15) is 0 Å². The molecule has 1 aromatic rings. The van der Waals surface area contributed by atoms with Crippen LogP contribution in [0.5, 0.6) is 0 Å². The fourth-order valence-electron chi connectivity index (χ4n) is 1.56. The third-order valence-electron chi connectivity index (χ3n) is 3.82. The lowest BCUT2D eigenvalue weighted by molar-refractivity contribution is 0.0925. The number of anilines is 1. The lowest BCUT2D eigenvalue weighted by Crippen LogP contribution is -2.37. The summed E-state index contributed by atoms with van der Waals surface area (Å²) in [5, 5.41) is 6.03. The highest BCUT2D eigenvalue weighted by Gasteiger charge is 2.23. The topological polar surface area (TPSA) is 54.0 Å². The first-order valence-corrected chi connectivity index (χ1v) is 6.70. The molecule has 1 amide bonds. The first-order chi connectivity index (χ1) is 8.77. The van der Waals surface area contributed by atoms with Crippen molar-refractivity contribution in [1.29, 1.82) is 0 Å². The molecule has 1 rings (SSSR count). The largest absolute Gasteiger partial charge is 0.387 e. The Morgan fingerprint density at radius 1 is 1.42 bits per heavy atom. The minimum atomic E-state index is -0.0782. The van der Waals surface area contributed by atoms with Crippen LogP contribution < -0.4 is 10.6 Å². The molecule has 0 saturated heterocycles. The summed E-state index contributed by atoms with van der Waals surface area (Å²) in [5.41, 5.74) is 2.37. The van der Waals surface area contributed by atoms with Gasteiger partial charge in [-0.3, -0.25) is 9.78 Å². The number of aryl methyl sites for hydroxylation is 1. The van der Waals surface area contributed by atoms with Crippen LogP contribution in [0.25, 0.3) is 0 Å². The van der Waals surface area contributed by atoms with E-state index < -0.39 is 0 Å². The van der Waals surface area contributed by atoms with Crippen LogP contribution in [-0.4, -0.2) is 24.5 Å². The van der Waals surface area contributed by atoms with Crippen molar-refractivity contribution in [2.45, 2.75) is 34.6 Å². The van der Waals surface area contributed by atoms with Crippen molar-refractivity contribution in [1.82, 2.24) is 10.3 Å². The molecule has 4 nitrogen and oxygen atoms in total. The Labute approximate surface area is 116 Å². The SMILES string of the molecule is CNc1cc(C)ncc1C(=O)NCC(C)(C)C(C)C. The number of rotatable bonds is 5. The summed E-state index contributed by atoms with van der Waals surface area (Å²) in [4.78, 5) is 16.4. The summed E-state index contributed by atoms with van der Waals surface area (Å²) >= 11 is 0. The number of carbonyl (C=O) groups excluding carboxylic acids is 1. The first kappa shape index (κ1) is 15.5.